The molecule has 0 aliphatic heterocycles. The van der Waals surface area contributed by atoms with Crippen LogP contribution in [0.25, 0.3) is 82.8 Å². The lowest BCUT2D eigenvalue weighted by Gasteiger charge is -2.20. The molecule has 9 aromatic carbocycles. The van der Waals surface area contributed by atoms with E-state index in [2.05, 4.69) is 164 Å². The van der Waals surface area contributed by atoms with E-state index in [4.69, 9.17) is 5.73 Å². The first-order valence-electron chi connectivity index (χ1n) is 18.4. The van der Waals surface area contributed by atoms with Crippen LogP contribution >= 0.6 is 0 Å². The summed E-state index contributed by atoms with van der Waals surface area (Å²) >= 11 is 0. The quantitative estimate of drug-likeness (QED) is 0.164. The van der Waals surface area contributed by atoms with Crippen LogP contribution in [-0.4, -0.2) is 0 Å². The van der Waals surface area contributed by atoms with Crippen LogP contribution < -0.4 is 11.1 Å². The van der Waals surface area contributed by atoms with Crippen LogP contribution in [0.5, 0.6) is 0 Å². The highest BCUT2D eigenvalue weighted by Crippen LogP contribution is 2.58. The summed E-state index contributed by atoms with van der Waals surface area (Å²) < 4.78 is 0. The van der Waals surface area contributed by atoms with E-state index in [1.54, 1.807) is 0 Å². The maximum atomic E-state index is 6.33. The number of anilines is 3. The molecule has 2 heteroatoms. The van der Waals surface area contributed by atoms with E-state index in [0.717, 1.165) is 33.8 Å². The predicted octanol–water partition coefficient (Wildman–Crippen LogP) is 14.0. The Morgan fingerprint density at radius 2 is 0.907 bits per heavy atom. The summed E-state index contributed by atoms with van der Waals surface area (Å²) in [6.45, 7) is 4.42. The Labute approximate surface area is 315 Å². The van der Waals surface area contributed by atoms with Gasteiger partial charge in [-0.2, -0.15) is 0 Å². The van der Waals surface area contributed by atoms with Crippen molar-refractivity contribution < 1.29 is 0 Å². The van der Waals surface area contributed by atoms with Gasteiger partial charge in [-0.25, -0.2) is 0 Å². The molecule has 10 rings (SSSR count). The minimum atomic E-state index is 0.718. The number of fused-ring (bicyclic) bond motifs is 4. The number of rotatable bonds is 7. The lowest BCUT2D eigenvalue weighted by molar-refractivity contribution is 1.50. The molecule has 254 valence electrons. The van der Waals surface area contributed by atoms with Gasteiger partial charge < -0.3 is 11.1 Å². The van der Waals surface area contributed by atoms with Gasteiger partial charge in [0.25, 0.3) is 0 Å². The summed E-state index contributed by atoms with van der Waals surface area (Å²) in [5.74, 6) is 0. The number of nitrogens with one attached hydrogen (secondary N) is 1. The maximum absolute atomic E-state index is 6.33. The molecule has 0 amide bonds. The first-order valence-corrected chi connectivity index (χ1v) is 18.4. The van der Waals surface area contributed by atoms with Gasteiger partial charge in [0, 0.05) is 28.2 Å². The minimum Gasteiger partial charge on any atom is -0.398 e. The van der Waals surface area contributed by atoms with E-state index in [9.17, 15) is 0 Å². The predicted molar refractivity (Wildman–Crippen MR) is 231 cm³/mol. The fraction of sp³-hybridized carbons (Fsp3) is 0. The summed E-state index contributed by atoms with van der Waals surface area (Å²) in [6, 6.07) is 67.1. The van der Waals surface area contributed by atoms with Gasteiger partial charge in [-0.05, 0) is 107 Å². The number of nitrogens with two attached hydrogens (primary N) is 1. The smallest absolute Gasteiger partial charge is 0.0463 e. The molecular formula is C52H36N2. The molecule has 0 aromatic heterocycles. The molecule has 0 radical (unpaired) electrons. The van der Waals surface area contributed by atoms with Gasteiger partial charge in [0.05, 0.1) is 0 Å². The van der Waals surface area contributed by atoms with Crippen molar-refractivity contribution in [1.29, 1.82) is 0 Å². The molecule has 9 aromatic rings. The fourth-order valence-electron chi connectivity index (χ4n) is 8.52. The zero-order valence-electron chi connectivity index (χ0n) is 29.7. The molecule has 54 heavy (non-hydrogen) atoms. The van der Waals surface area contributed by atoms with Crippen LogP contribution in [0.1, 0.15) is 11.1 Å². The van der Waals surface area contributed by atoms with Gasteiger partial charge in [-0.15, -0.1) is 0 Å². The molecule has 0 bridgehead atoms. The van der Waals surface area contributed by atoms with Crippen LogP contribution in [0, 0.1) is 0 Å². The summed E-state index contributed by atoms with van der Waals surface area (Å²) in [4.78, 5) is 0. The minimum absolute atomic E-state index is 0.718. The Kier molecular flexibility index (Phi) is 7.49. The molecule has 0 saturated carbocycles. The Morgan fingerprint density at radius 3 is 1.56 bits per heavy atom. The van der Waals surface area contributed by atoms with Gasteiger partial charge >= 0.3 is 0 Å². The Morgan fingerprint density at radius 1 is 0.389 bits per heavy atom. The van der Waals surface area contributed by atoms with Crippen LogP contribution in [-0.2, 0) is 0 Å². The van der Waals surface area contributed by atoms with E-state index in [0.29, 0.717) is 0 Å². The normalized spacial score (nSPS) is 11.5. The molecule has 0 unspecified atom stereocenters. The zero-order valence-corrected chi connectivity index (χ0v) is 29.7. The van der Waals surface area contributed by atoms with E-state index in [-0.39, 0.29) is 0 Å². The van der Waals surface area contributed by atoms with Crippen LogP contribution in [0.3, 0.4) is 0 Å². The Balaban J connectivity index is 1.10. The molecule has 1 aliphatic carbocycles. The second-order valence-electron chi connectivity index (χ2n) is 14.0. The average Bonchev–Trinajstić information content (AvgIpc) is 3.56. The van der Waals surface area contributed by atoms with Crippen molar-refractivity contribution in [2.45, 2.75) is 0 Å². The van der Waals surface area contributed by atoms with Crippen LogP contribution in [0.15, 0.2) is 195 Å². The molecule has 0 spiro atoms. The maximum Gasteiger partial charge on any atom is 0.0463 e. The van der Waals surface area contributed by atoms with E-state index >= 15 is 0 Å². The zero-order chi connectivity index (χ0) is 36.2. The third kappa shape index (κ3) is 5.03. The van der Waals surface area contributed by atoms with Gasteiger partial charge in [0.15, 0.2) is 0 Å². The van der Waals surface area contributed by atoms with Crippen molar-refractivity contribution in [1.82, 2.24) is 0 Å². The lowest BCUT2D eigenvalue weighted by Crippen LogP contribution is -1.98. The monoisotopic (exact) mass is 688 g/mol. The summed E-state index contributed by atoms with van der Waals surface area (Å²) in [5.41, 5.74) is 24.5. The highest BCUT2D eigenvalue weighted by molar-refractivity contribution is 6.28. The molecule has 1 aliphatic rings. The first kappa shape index (κ1) is 31.6. The van der Waals surface area contributed by atoms with Crippen molar-refractivity contribution in [2.24, 2.45) is 0 Å². The summed E-state index contributed by atoms with van der Waals surface area (Å²) in [6.07, 6.45) is 0. The summed E-state index contributed by atoms with van der Waals surface area (Å²) in [7, 11) is 0. The molecule has 0 saturated heterocycles. The average molecular weight is 689 g/mol. The van der Waals surface area contributed by atoms with Crippen molar-refractivity contribution >= 4 is 44.2 Å². The number of nitrogen functional groups attached to an aromatic ring is 1. The molecule has 3 N–H and O–H groups in total. The van der Waals surface area contributed by atoms with Crippen LogP contribution in [0.4, 0.5) is 17.1 Å². The molecule has 0 atom stereocenters. The third-order valence-electron chi connectivity index (χ3n) is 10.9. The standard InChI is InChI=1S/C52H36N2/c1-33(38-19-10-12-25-46(38)53)39-20-11-13-26-47(39)54-37-29-27-34(28-30-37)40-31-32-45-50-41(40)23-14-24-44(50)51-48(35-15-4-2-5-16-35)42-21-8-9-22-43(42)49(52(45)51)36-17-6-3-7-18-36/h2-32,54H,1,53H2. The molecule has 0 heterocycles. The number of benzene rings is 9. The molecular weight excluding hydrogens is 653 g/mol. The van der Waals surface area contributed by atoms with Gasteiger partial charge in [0.2, 0.25) is 0 Å². The number of hydrogen-bond acceptors (Lipinski definition) is 2. The van der Waals surface area contributed by atoms with Gasteiger partial charge in [-0.3, -0.25) is 0 Å². The van der Waals surface area contributed by atoms with Crippen molar-refractivity contribution in [3.63, 3.8) is 0 Å². The summed E-state index contributed by atoms with van der Waals surface area (Å²) in [5, 5.41) is 8.76. The Hall–Kier alpha value is -7.16. The van der Waals surface area contributed by atoms with Crippen LogP contribution in [0.2, 0.25) is 0 Å². The van der Waals surface area contributed by atoms with Crippen molar-refractivity contribution in [3.8, 4) is 55.6 Å². The molecule has 2 nitrogen and oxygen atoms in total. The lowest BCUT2D eigenvalue weighted by atomic mass is 9.82. The van der Waals surface area contributed by atoms with Crippen molar-refractivity contribution in [3.05, 3.63) is 206 Å². The SMILES string of the molecule is C=C(c1ccccc1N)c1ccccc1Nc1ccc(-c2ccc3c4c(cccc24)-c2c-3c(-c3ccccc3)c3ccccc3c2-c2ccccc2)cc1. The largest absolute Gasteiger partial charge is 0.398 e. The van der Waals surface area contributed by atoms with Crippen molar-refractivity contribution in [2.75, 3.05) is 11.1 Å². The first-order chi connectivity index (χ1) is 26.7. The highest BCUT2D eigenvalue weighted by Gasteiger charge is 2.31. The molecule has 0 fully saturated rings. The number of para-hydroxylation sites is 2. The third-order valence-corrected chi connectivity index (χ3v) is 10.9. The fourth-order valence-corrected chi connectivity index (χ4v) is 8.52. The van der Waals surface area contributed by atoms with E-state index < -0.39 is 0 Å². The van der Waals surface area contributed by atoms with E-state index in [1.807, 2.05) is 36.4 Å². The highest BCUT2D eigenvalue weighted by atomic mass is 14.9. The second-order valence-corrected chi connectivity index (χ2v) is 14.0. The van der Waals surface area contributed by atoms with Gasteiger partial charge in [-0.1, -0.05) is 170 Å². The Bertz CT molecular complexity index is 2810. The van der Waals surface area contributed by atoms with E-state index in [1.165, 1.54) is 77.2 Å². The van der Waals surface area contributed by atoms with Gasteiger partial charge in [0.1, 0.15) is 0 Å². The topological polar surface area (TPSA) is 38.0 Å². The second kappa shape index (κ2) is 12.8. The number of hydrogen-bond donors (Lipinski definition) is 2.